The summed E-state index contributed by atoms with van der Waals surface area (Å²) < 4.78 is 5.14. The molecule has 0 radical (unpaired) electrons. The number of anilines is 1. The Bertz CT molecular complexity index is 878. The van der Waals surface area contributed by atoms with Crippen molar-refractivity contribution in [1.29, 1.82) is 0 Å². The molecule has 2 aliphatic heterocycles. The number of aromatic nitrogens is 2. The molecule has 0 unspecified atom stereocenters. The number of nitrogens with zero attached hydrogens (tertiary/aromatic N) is 3. The van der Waals surface area contributed by atoms with Gasteiger partial charge in [-0.3, -0.25) is 0 Å². The molecule has 1 saturated heterocycles. The first-order chi connectivity index (χ1) is 13.5. The van der Waals surface area contributed by atoms with Gasteiger partial charge in [0.1, 0.15) is 18.0 Å². The van der Waals surface area contributed by atoms with Crippen molar-refractivity contribution in [3.05, 3.63) is 53.0 Å². The number of fused-ring (bicyclic) bond motifs is 1. The van der Waals surface area contributed by atoms with Gasteiger partial charge in [0.25, 0.3) is 0 Å². The van der Waals surface area contributed by atoms with Crippen molar-refractivity contribution in [1.82, 2.24) is 9.97 Å². The van der Waals surface area contributed by atoms with Crippen molar-refractivity contribution in [2.24, 2.45) is 16.6 Å². The fourth-order valence-corrected chi connectivity index (χ4v) is 3.47. The predicted octanol–water partition coefficient (Wildman–Crippen LogP) is 3.80. The second kappa shape index (κ2) is 8.97. The third kappa shape index (κ3) is 4.57. The normalized spacial score (nSPS) is 16.8. The van der Waals surface area contributed by atoms with E-state index < -0.39 is 0 Å². The standard InChI is InChI=1S/C16H17N5.C6H12O/c1-3-12(15-9(2)19-8-20-16(15)18)10-4-5-11-7-14(17)21-13(11)6-10;1-6-2-4-7-5-3-6/h3-6,8H,7H2,1-2H3,(H2,17,21)(H2,18,19,20);6H,2-5H2,1H3/b12-3-;. The molecule has 3 heterocycles. The molecule has 1 fully saturated rings. The Labute approximate surface area is 166 Å². The average molecular weight is 380 g/mol. The summed E-state index contributed by atoms with van der Waals surface area (Å²) in [7, 11) is 0. The van der Waals surface area contributed by atoms with Crippen LogP contribution in [0.25, 0.3) is 5.57 Å². The van der Waals surface area contributed by atoms with Gasteiger partial charge in [0, 0.05) is 25.2 Å². The summed E-state index contributed by atoms with van der Waals surface area (Å²) in [6.07, 6.45) is 6.75. The van der Waals surface area contributed by atoms with Crippen LogP contribution in [0.5, 0.6) is 0 Å². The number of amidine groups is 1. The van der Waals surface area contributed by atoms with Crippen LogP contribution in [0.15, 0.2) is 35.6 Å². The maximum atomic E-state index is 6.03. The largest absolute Gasteiger partial charge is 0.387 e. The van der Waals surface area contributed by atoms with E-state index in [-0.39, 0.29) is 0 Å². The average Bonchev–Trinajstić information content (AvgIpc) is 3.05. The molecule has 1 aromatic heterocycles. The quantitative estimate of drug-likeness (QED) is 0.827. The Morgan fingerprint density at radius 2 is 1.93 bits per heavy atom. The van der Waals surface area contributed by atoms with Gasteiger partial charge in [-0.05, 0) is 55.4 Å². The lowest BCUT2D eigenvalue weighted by molar-refractivity contribution is 0.0716. The van der Waals surface area contributed by atoms with Crippen molar-refractivity contribution in [3.63, 3.8) is 0 Å². The van der Waals surface area contributed by atoms with Gasteiger partial charge in [-0.25, -0.2) is 15.0 Å². The van der Waals surface area contributed by atoms with Crippen LogP contribution in [0.4, 0.5) is 11.5 Å². The molecule has 0 bridgehead atoms. The van der Waals surface area contributed by atoms with E-state index in [1.165, 1.54) is 19.2 Å². The monoisotopic (exact) mass is 379 g/mol. The van der Waals surface area contributed by atoms with Crippen LogP contribution in [0.2, 0.25) is 0 Å². The molecule has 6 nitrogen and oxygen atoms in total. The number of aliphatic imine (C=N–C) groups is 1. The van der Waals surface area contributed by atoms with E-state index in [1.54, 1.807) is 0 Å². The molecule has 0 amide bonds. The molecule has 4 N–H and O–H groups in total. The van der Waals surface area contributed by atoms with Gasteiger partial charge in [0.2, 0.25) is 0 Å². The minimum atomic E-state index is 0.485. The van der Waals surface area contributed by atoms with Crippen molar-refractivity contribution in [3.8, 4) is 0 Å². The second-order valence-electron chi connectivity index (χ2n) is 7.34. The number of allylic oxidation sites excluding steroid dienone is 1. The first kappa shape index (κ1) is 20.0. The van der Waals surface area contributed by atoms with Crippen molar-refractivity contribution in [2.75, 3.05) is 18.9 Å². The van der Waals surface area contributed by atoms with Gasteiger partial charge in [0.05, 0.1) is 11.4 Å². The van der Waals surface area contributed by atoms with Crippen LogP contribution < -0.4 is 11.5 Å². The van der Waals surface area contributed by atoms with Crippen LogP contribution in [-0.4, -0.2) is 29.0 Å². The first-order valence-electron chi connectivity index (χ1n) is 9.77. The molecule has 6 heteroatoms. The zero-order valence-corrected chi connectivity index (χ0v) is 16.9. The highest BCUT2D eigenvalue weighted by molar-refractivity contribution is 5.93. The van der Waals surface area contributed by atoms with Crippen molar-refractivity contribution in [2.45, 2.75) is 40.0 Å². The smallest absolute Gasteiger partial charge is 0.134 e. The molecular formula is C22H29N5O. The van der Waals surface area contributed by atoms with Crippen LogP contribution in [0, 0.1) is 12.8 Å². The molecular weight excluding hydrogens is 350 g/mol. The van der Waals surface area contributed by atoms with E-state index in [0.717, 1.165) is 59.2 Å². The summed E-state index contributed by atoms with van der Waals surface area (Å²) in [6.45, 7) is 8.16. The highest BCUT2D eigenvalue weighted by Crippen LogP contribution is 2.34. The lowest BCUT2D eigenvalue weighted by atomic mass is 9.95. The molecule has 0 spiro atoms. The molecule has 0 saturated carbocycles. The fraction of sp³-hybridized carbons (Fsp3) is 0.409. The Kier molecular flexibility index (Phi) is 6.41. The van der Waals surface area contributed by atoms with Gasteiger partial charge in [-0.1, -0.05) is 25.1 Å². The molecule has 0 atom stereocenters. The highest BCUT2D eigenvalue weighted by atomic mass is 16.5. The minimum Gasteiger partial charge on any atom is -0.387 e. The molecule has 0 aliphatic carbocycles. The van der Waals surface area contributed by atoms with E-state index in [0.29, 0.717) is 11.7 Å². The number of benzene rings is 1. The zero-order chi connectivity index (χ0) is 20.1. The Morgan fingerprint density at radius 1 is 1.18 bits per heavy atom. The summed E-state index contributed by atoms with van der Waals surface area (Å²) in [5.41, 5.74) is 17.7. The zero-order valence-electron chi connectivity index (χ0n) is 16.9. The van der Waals surface area contributed by atoms with Crippen LogP contribution in [-0.2, 0) is 11.2 Å². The van der Waals surface area contributed by atoms with E-state index in [9.17, 15) is 0 Å². The van der Waals surface area contributed by atoms with Gasteiger partial charge >= 0.3 is 0 Å². The third-order valence-electron chi connectivity index (χ3n) is 5.17. The van der Waals surface area contributed by atoms with Crippen LogP contribution in [0.1, 0.15) is 49.1 Å². The predicted molar refractivity (Wildman–Crippen MR) is 115 cm³/mol. The Balaban J connectivity index is 0.000000271. The molecule has 2 aliphatic rings. The fourth-order valence-electron chi connectivity index (χ4n) is 3.47. The number of ether oxygens (including phenoxy) is 1. The topological polar surface area (TPSA) is 99.4 Å². The summed E-state index contributed by atoms with van der Waals surface area (Å²) in [5, 5.41) is 0. The van der Waals surface area contributed by atoms with E-state index in [2.05, 4.69) is 34.0 Å². The molecule has 4 rings (SSSR count). The SMILES string of the molecule is C/C=C(/c1ccc2c(c1)N=C(N)C2)c1c(C)ncnc1N.CC1CCOCC1. The summed E-state index contributed by atoms with van der Waals surface area (Å²) in [6, 6.07) is 6.16. The van der Waals surface area contributed by atoms with Gasteiger partial charge in [-0.15, -0.1) is 0 Å². The maximum Gasteiger partial charge on any atom is 0.134 e. The Hall–Kier alpha value is -2.73. The molecule has 28 heavy (non-hydrogen) atoms. The van der Waals surface area contributed by atoms with E-state index in [4.69, 9.17) is 16.2 Å². The van der Waals surface area contributed by atoms with Crippen molar-refractivity contribution < 1.29 is 4.74 Å². The first-order valence-corrected chi connectivity index (χ1v) is 9.77. The van der Waals surface area contributed by atoms with Gasteiger partial charge in [0.15, 0.2) is 0 Å². The number of hydrogen-bond donors (Lipinski definition) is 2. The highest BCUT2D eigenvalue weighted by Gasteiger charge is 2.17. The summed E-state index contributed by atoms with van der Waals surface area (Å²) in [5.74, 6) is 2.05. The molecule has 1 aromatic carbocycles. The Morgan fingerprint density at radius 3 is 2.54 bits per heavy atom. The second-order valence-corrected chi connectivity index (χ2v) is 7.34. The van der Waals surface area contributed by atoms with Gasteiger partial charge in [-0.2, -0.15) is 0 Å². The number of hydrogen-bond acceptors (Lipinski definition) is 6. The molecule has 148 valence electrons. The number of nitrogens with two attached hydrogens (primary N) is 2. The summed E-state index contributed by atoms with van der Waals surface area (Å²) in [4.78, 5) is 12.7. The minimum absolute atomic E-state index is 0.485. The third-order valence-corrected chi connectivity index (χ3v) is 5.17. The van der Waals surface area contributed by atoms with E-state index >= 15 is 0 Å². The summed E-state index contributed by atoms with van der Waals surface area (Å²) >= 11 is 0. The lowest BCUT2D eigenvalue weighted by Crippen LogP contribution is -2.12. The number of aryl methyl sites for hydroxylation is 1. The maximum absolute atomic E-state index is 6.03. The number of rotatable bonds is 2. The van der Waals surface area contributed by atoms with Gasteiger partial charge < -0.3 is 16.2 Å². The van der Waals surface area contributed by atoms with Crippen LogP contribution >= 0.6 is 0 Å². The van der Waals surface area contributed by atoms with Crippen LogP contribution in [0.3, 0.4) is 0 Å². The number of nitrogen functional groups attached to an aromatic ring is 1. The van der Waals surface area contributed by atoms with Crippen molar-refractivity contribution >= 4 is 22.9 Å². The van der Waals surface area contributed by atoms with E-state index in [1.807, 2.05) is 26.0 Å². The lowest BCUT2D eigenvalue weighted by Gasteiger charge is -2.16. The molecule has 2 aromatic rings.